The van der Waals surface area contributed by atoms with Crippen LogP contribution < -0.4 is 10.1 Å². The van der Waals surface area contributed by atoms with Crippen LogP contribution >= 0.6 is 15.9 Å². The fourth-order valence-electron chi connectivity index (χ4n) is 2.16. The number of rotatable bonds is 6. The molecule has 0 aromatic heterocycles. The summed E-state index contributed by atoms with van der Waals surface area (Å²) in [6, 6.07) is 7.64. The standard InChI is InChI=1S/C16H24BrNO2/c1-10(2)15(11(3)4)18-16(19)12(5)20-14-8-6-13(17)7-9-14/h6-12,15H,1-5H3,(H,18,19)/t12-/m1/s1. The van der Waals surface area contributed by atoms with Crippen LogP contribution in [-0.4, -0.2) is 18.1 Å². The molecule has 0 bridgehead atoms. The van der Waals surface area contributed by atoms with Gasteiger partial charge in [0.2, 0.25) is 0 Å². The molecule has 1 amide bonds. The van der Waals surface area contributed by atoms with E-state index in [1.165, 1.54) is 0 Å². The van der Waals surface area contributed by atoms with Gasteiger partial charge >= 0.3 is 0 Å². The molecule has 0 aliphatic rings. The zero-order chi connectivity index (χ0) is 15.3. The number of nitrogens with one attached hydrogen (secondary N) is 1. The maximum absolute atomic E-state index is 12.2. The minimum atomic E-state index is -0.504. The van der Waals surface area contributed by atoms with Gasteiger partial charge in [-0.25, -0.2) is 0 Å². The molecule has 0 aliphatic heterocycles. The average molecular weight is 342 g/mol. The van der Waals surface area contributed by atoms with Crippen molar-refractivity contribution in [2.75, 3.05) is 0 Å². The molecule has 0 unspecified atom stereocenters. The Kier molecular flexibility index (Phi) is 6.53. The highest BCUT2D eigenvalue weighted by molar-refractivity contribution is 9.10. The average Bonchev–Trinajstić information content (AvgIpc) is 2.37. The Hall–Kier alpha value is -1.03. The maximum Gasteiger partial charge on any atom is 0.261 e. The second-order valence-corrected chi connectivity index (χ2v) is 6.65. The molecule has 4 heteroatoms. The van der Waals surface area contributed by atoms with Gasteiger partial charge in [-0.05, 0) is 43.0 Å². The Bertz CT molecular complexity index is 421. The molecule has 0 fully saturated rings. The first-order valence-corrected chi connectivity index (χ1v) is 7.83. The van der Waals surface area contributed by atoms with E-state index < -0.39 is 6.10 Å². The Balaban J connectivity index is 2.60. The molecule has 0 saturated carbocycles. The Morgan fingerprint density at radius 1 is 1.05 bits per heavy atom. The molecule has 20 heavy (non-hydrogen) atoms. The summed E-state index contributed by atoms with van der Waals surface area (Å²) in [7, 11) is 0. The molecule has 1 N–H and O–H groups in total. The molecule has 1 aromatic rings. The summed E-state index contributed by atoms with van der Waals surface area (Å²) in [5, 5.41) is 3.07. The number of hydrogen-bond acceptors (Lipinski definition) is 2. The lowest BCUT2D eigenvalue weighted by Gasteiger charge is -2.27. The van der Waals surface area contributed by atoms with Crippen LogP contribution in [0.2, 0.25) is 0 Å². The van der Waals surface area contributed by atoms with Crippen LogP contribution in [0.3, 0.4) is 0 Å². The highest BCUT2D eigenvalue weighted by Gasteiger charge is 2.23. The third-order valence-electron chi connectivity index (χ3n) is 3.24. The van der Waals surface area contributed by atoms with Crippen LogP contribution in [0.25, 0.3) is 0 Å². The molecule has 0 spiro atoms. The topological polar surface area (TPSA) is 38.3 Å². The van der Waals surface area contributed by atoms with Gasteiger partial charge in [0.15, 0.2) is 6.10 Å². The van der Waals surface area contributed by atoms with Crippen LogP contribution in [-0.2, 0) is 4.79 Å². The second kappa shape index (κ2) is 7.67. The summed E-state index contributed by atoms with van der Waals surface area (Å²) in [6.45, 7) is 10.2. The van der Waals surface area contributed by atoms with Crippen LogP contribution in [0.5, 0.6) is 5.75 Å². The number of amides is 1. The summed E-state index contributed by atoms with van der Waals surface area (Å²) in [5.74, 6) is 1.43. The Morgan fingerprint density at radius 3 is 2.00 bits per heavy atom. The quantitative estimate of drug-likeness (QED) is 0.848. The summed E-state index contributed by atoms with van der Waals surface area (Å²) < 4.78 is 6.65. The summed E-state index contributed by atoms with van der Waals surface area (Å²) in [4.78, 5) is 12.2. The molecule has 3 nitrogen and oxygen atoms in total. The second-order valence-electron chi connectivity index (χ2n) is 5.74. The predicted molar refractivity (Wildman–Crippen MR) is 85.8 cm³/mol. The first-order chi connectivity index (χ1) is 9.31. The van der Waals surface area contributed by atoms with Gasteiger partial charge in [0.1, 0.15) is 5.75 Å². The minimum Gasteiger partial charge on any atom is -0.481 e. The minimum absolute atomic E-state index is 0.0691. The largest absolute Gasteiger partial charge is 0.481 e. The van der Waals surface area contributed by atoms with E-state index in [1.54, 1.807) is 6.92 Å². The van der Waals surface area contributed by atoms with E-state index in [-0.39, 0.29) is 11.9 Å². The smallest absolute Gasteiger partial charge is 0.261 e. The molecule has 0 heterocycles. The van der Waals surface area contributed by atoms with Crippen molar-refractivity contribution in [2.45, 2.75) is 46.8 Å². The van der Waals surface area contributed by atoms with Crippen molar-refractivity contribution >= 4 is 21.8 Å². The molecule has 0 aliphatic carbocycles. The van der Waals surface area contributed by atoms with Crippen LogP contribution in [0.15, 0.2) is 28.7 Å². The van der Waals surface area contributed by atoms with Gasteiger partial charge in [-0.15, -0.1) is 0 Å². The van der Waals surface area contributed by atoms with Crippen molar-refractivity contribution in [3.63, 3.8) is 0 Å². The number of carbonyl (C=O) groups excluding carboxylic acids is 1. The molecule has 112 valence electrons. The van der Waals surface area contributed by atoms with E-state index in [0.29, 0.717) is 17.6 Å². The fourth-order valence-corrected chi connectivity index (χ4v) is 2.42. The van der Waals surface area contributed by atoms with Crippen molar-refractivity contribution in [3.8, 4) is 5.75 Å². The first kappa shape index (κ1) is 17.0. The molecular formula is C16H24BrNO2. The van der Waals surface area contributed by atoms with E-state index in [2.05, 4.69) is 48.9 Å². The van der Waals surface area contributed by atoms with Crippen molar-refractivity contribution in [1.82, 2.24) is 5.32 Å². The van der Waals surface area contributed by atoms with Crippen LogP contribution in [0.4, 0.5) is 0 Å². The summed E-state index contributed by atoms with van der Waals surface area (Å²) in [6.07, 6.45) is -0.504. The number of carbonyl (C=O) groups is 1. The van der Waals surface area contributed by atoms with Crippen molar-refractivity contribution < 1.29 is 9.53 Å². The van der Waals surface area contributed by atoms with Gasteiger partial charge < -0.3 is 10.1 Å². The maximum atomic E-state index is 12.2. The first-order valence-electron chi connectivity index (χ1n) is 7.04. The highest BCUT2D eigenvalue weighted by atomic mass is 79.9. The van der Waals surface area contributed by atoms with Crippen LogP contribution in [0.1, 0.15) is 34.6 Å². The Morgan fingerprint density at radius 2 is 1.55 bits per heavy atom. The van der Waals surface area contributed by atoms with Crippen molar-refractivity contribution in [2.24, 2.45) is 11.8 Å². The molecule has 1 rings (SSSR count). The number of benzene rings is 1. The lowest BCUT2D eigenvalue weighted by Crippen LogP contribution is -2.47. The Labute approximate surface area is 130 Å². The lowest BCUT2D eigenvalue weighted by atomic mass is 9.93. The third-order valence-corrected chi connectivity index (χ3v) is 3.77. The summed E-state index contributed by atoms with van der Waals surface area (Å²) in [5.41, 5.74) is 0. The van der Waals surface area contributed by atoms with Gasteiger partial charge in [-0.3, -0.25) is 4.79 Å². The van der Waals surface area contributed by atoms with Gasteiger partial charge in [-0.2, -0.15) is 0 Å². The van der Waals surface area contributed by atoms with Crippen molar-refractivity contribution in [3.05, 3.63) is 28.7 Å². The molecule has 1 atom stereocenters. The lowest BCUT2D eigenvalue weighted by molar-refractivity contribution is -0.128. The number of halogens is 1. The fraction of sp³-hybridized carbons (Fsp3) is 0.562. The van der Waals surface area contributed by atoms with Crippen LogP contribution in [0, 0.1) is 11.8 Å². The van der Waals surface area contributed by atoms with Crippen molar-refractivity contribution in [1.29, 1.82) is 0 Å². The zero-order valence-corrected chi connectivity index (χ0v) is 14.4. The third kappa shape index (κ3) is 5.16. The van der Waals surface area contributed by atoms with E-state index in [1.807, 2.05) is 24.3 Å². The van der Waals surface area contributed by atoms with E-state index in [4.69, 9.17) is 4.74 Å². The van der Waals surface area contributed by atoms with E-state index in [9.17, 15) is 4.79 Å². The van der Waals surface area contributed by atoms with Gasteiger partial charge in [0.05, 0.1) is 0 Å². The number of ether oxygens (including phenoxy) is 1. The van der Waals surface area contributed by atoms with Gasteiger partial charge in [-0.1, -0.05) is 43.6 Å². The molecule has 0 radical (unpaired) electrons. The summed E-state index contributed by atoms with van der Waals surface area (Å²) >= 11 is 3.37. The zero-order valence-electron chi connectivity index (χ0n) is 12.8. The molecular weight excluding hydrogens is 318 g/mol. The normalized spacial score (nSPS) is 12.8. The monoisotopic (exact) mass is 341 g/mol. The molecule has 1 aromatic carbocycles. The molecule has 0 saturated heterocycles. The number of hydrogen-bond donors (Lipinski definition) is 1. The van der Waals surface area contributed by atoms with E-state index in [0.717, 1.165) is 4.47 Å². The van der Waals surface area contributed by atoms with Gasteiger partial charge in [0.25, 0.3) is 5.91 Å². The highest BCUT2D eigenvalue weighted by Crippen LogP contribution is 2.18. The predicted octanol–water partition coefficient (Wildman–Crippen LogP) is 4.01. The van der Waals surface area contributed by atoms with Gasteiger partial charge in [0, 0.05) is 10.5 Å². The van der Waals surface area contributed by atoms with E-state index >= 15 is 0 Å². The SMILES string of the molecule is CC(C)C(NC(=O)[C@@H](C)Oc1ccc(Br)cc1)C(C)C.